The molecule has 7 nitrogen and oxygen atoms in total. The number of carbonyl (C=O) groups excluding carboxylic acids is 1. The summed E-state index contributed by atoms with van der Waals surface area (Å²) in [7, 11) is -3.77. The normalized spacial score (nSPS) is 11.1. The van der Waals surface area contributed by atoms with Crippen LogP contribution in [0.5, 0.6) is 0 Å². The lowest BCUT2D eigenvalue weighted by molar-refractivity contribution is -0.117. The topological polar surface area (TPSA) is 141 Å². The zero-order valence-corrected chi connectivity index (χ0v) is 9.83. The molecule has 0 heterocycles. The molecular weight excluding hydrogens is 244 g/mol. The molecule has 0 spiro atoms. The Kier molecular flexibility index (Phi) is 3.92. The van der Waals surface area contributed by atoms with Crippen LogP contribution in [0.3, 0.4) is 0 Å². The van der Waals surface area contributed by atoms with Crippen LogP contribution in [0.4, 0.5) is 11.4 Å². The number of hydrogen-bond acceptors (Lipinski definition) is 5. The Morgan fingerprint density at radius 2 is 2.00 bits per heavy atom. The molecule has 0 saturated carbocycles. The van der Waals surface area contributed by atoms with E-state index in [9.17, 15) is 13.2 Å². The maximum absolute atomic E-state index is 11.1. The lowest BCUT2D eigenvalue weighted by Gasteiger charge is -2.09. The Hall–Kier alpha value is -1.80. The molecule has 0 aliphatic heterocycles. The van der Waals surface area contributed by atoms with Crippen molar-refractivity contribution in [2.24, 2.45) is 10.9 Å². The Morgan fingerprint density at radius 1 is 1.35 bits per heavy atom. The van der Waals surface area contributed by atoms with Gasteiger partial charge in [0.05, 0.1) is 16.3 Å². The van der Waals surface area contributed by atoms with Gasteiger partial charge in [-0.1, -0.05) is 0 Å². The number of nitrogens with two attached hydrogens (primary N) is 3. The predicted molar refractivity (Wildman–Crippen MR) is 64.5 cm³/mol. The van der Waals surface area contributed by atoms with Gasteiger partial charge in [-0.25, -0.2) is 13.6 Å². The van der Waals surface area contributed by atoms with Crippen LogP contribution < -0.4 is 21.9 Å². The van der Waals surface area contributed by atoms with E-state index in [1.807, 2.05) is 0 Å². The van der Waals surface area contributed by atoms with Crippen molar-refractivity contribution in [2.45, 2.75) is 11.3 Å². The standard InChI is InChI=1S/C9H14N4O3S/c10-7-2-1-6(17(12,15)16)5-8(7)13-4-3-9(11)14/h1-2,5,13H,3-4,10H2,(H2,11,14)(H2,12,15,16). The fourth-order valence-electron chi connectivity index (χ4n) is 1.19. The Labute approximate surface area is 99.0 Å². The lowest BCUT2D eigenvalue weighted by atomic mass is 10.2. The molecule has 1 rings (SSSR count). The van der Waals surface area contributed by atoms with Crippen molar-refractivity contribution in [3.05, 3.63) is 18.2 Å². The minimum Gasteiger partial charge on any atom is -0.397 e. The largest absolute Gasteiger partial charge is 0.397 e. The van der Waals surface area contributed by atoms with Gasteiger partial charge in [-0.3, -0.25) is 4.79 Å². The molecular formula is C9H14N4O3S. The van der Waals surface area contributed by atoms with E-state index in [0.29, 0.717) is 11.4 Å². The molecule has 0 bridgehead atoms. The van der Waals surface area contributed by atoms with Crippen LogP contribution in [0.2, 0.25) is 0 Å². The molecule has 1 amide bonds. The number of sulfonamides is 1. The van der Waals surface area contributed by atoms with Gasteiger partial charge in [-0.2, -0.15) is 0 Å². The zero-order valence-electron chi connectivity index (χ0n) is 9.01. The van der Waals surface area contributed by atoms with Gasteiger partial charge in [0.15, 0.2) is 0 Å². The van der Waals surface area contributed by atoms with Crippen LogP contribution in [0, 0.1) is 0 Å². The number of primary amides is 1. The van der Waals surface area contributed by atoms with Gasteiger partial charge >= 0.3 is 0 Å². The van der Waals surface area contributed by atoms with Gasteiger partial charge in [0, 0.05) is 13.0 Å². The minimum atomic E-state index is -3.77. The number of nitrogens with one attached hydrogen (secondary N) is 1. The van der Waals surface area contributed by atoms with Gasteiger partial charge < -0.3 is 16.8 Å². The molecule has 0 unspecified atom stereocenters. The second-order valence-electron chi connectivity index (χ2n) is 3.44. The summed E-state index contributed by atoms with van der Waals surface area (Å²) in [6.07, 6.45) is 0.124. The van der Waals surface area contributed by atoms with E-state index in [0.717, 1.165) is 0 Å². The van der Waals surface area contributed by atoms with Gasteiger partial charge in [-0.05, 0) is 18.2 Å². The fourth-order valence-corrected chi connectivity index (χ4v) is 1.73. The number of benzene rings is 1. The summed E-state index contributed by atoms with van der Waals surface area (Å²) < 4.78 is 22.2. The molecule has 0 radical (unpaired) electrons. The first-order valence-corrected chi connectivity index (χ1v) is 6.30. The molecule has 8 heteroatoms. The highest BCUT2D eigenvalue weighted by Gasteiger charge is 2.10. The zero-order chi connectivity index (χ0) is 13.1. The van der Waals surface area contributed by atoms with Gasteiger partial charge in [0.1, 0.15) is 0 Å². The smallest absolute Gasteiger partial charge is 0.238 e. The third kappa shape index (κ3) is 3.93. The number of anilines is 2. The van der Waals surface area contributed by atoms with Crippen molar-refractivity contribution in [1.29, 1.82) is 0 Å². The van der Waals surface area contributed by atoms with Crippen LogP contribution in [0.25, 0.3) is 0 Å². The molecule has 17 heavy (non-hydrogen) atoms. The van der Waals surface area contributed by atoms with Crippen LogP contribution in [-0.2, 0) is 14.8 Å². The van der Waals surface area contributed by atoms with E-state index >= 15 is 0 Å². The molecule has 94 valence electrons. The SMILES string of the molecule is NC(=O)CCNc1cc(S(N)(=O)=O)ccc1N. The predicted octanol–water partition coefficient (Wildman–Crippen LogP) is -0.796. The molecule has 0 fully saturated rings. The molecule has 0 aliphatic carbocycles. The van der Waals surface area contributed by atoms with E-state index in [4.69, 9.17) is 16.6 Å². The Morgan fingerprint density at radius 3 is 2.53 bits per heavy atom. The first kappa shape index (κ1) is 13.3. The summed E-state index contributed by atoms with van der Waals surface area (Å²) in [4.78, 5) is 10.5. The van der Waals surface area contributed by atoms with Gasteiger partial charge in [0.2, 0.25) is 15.9 Å². The maximum atomic E-state index is 11.1. The van der Waals surface area contributed by atoms with Crippen molar-refractivity contribution in [3.8, 4) is 0 Å². The van der Waals surface area contributed by atoms with Crippen molar-refractivity contribution in [3.63, 3.8) is 0 Å². The number of carbonyl (C=O) groups is 1. The first-order chi connectivity index (χ1) is 7.80. The summed E-state index contributed by atoms with van der Waals surface area (Å²) >= 11 is 0. The molecule has 0 saturated heterocycles. The maximum Gasteiger partial charge on any atom is 0.238 e. The van der Waals surface area contributed by atoms with Crippen molar-refractivity contribution in [1.82, 2.24) is 0 Å². The number of rotatable bonds is 5. The van der Waals surface area contributed by atoms with Crippen molar-refractivity contribution < 1.29 is 13.2 Å². The summed E-state index contributed by atoms with van der Waals surface area (Å²) in [6.45, 7) is 0.271. The van der Waals surface area contributed by atoms with Crippen LogP contribution in [-0.4, -0.2) is 20.9 Å². The van der Waals surface area contributed by atoms with E-state index in [1.165, 1.54) is 18.2 Å². The van der Waals surface area contributed by atoms with Crippen molar-refractivity contribution >= 4 is 27.3 Å². The minimum absolute atomic E-state index is 0.0479. The summed E-state index contributed by atoms with van der Waals surface area (Å²) in [5.41, 5.74) is 11.4. The van der Waals surface area contributed by atoms with Crippen LogP contribution >= 0.6 is 0 Å². The molecule has 0 aromatic heterocycles. The molecule has 7 N–H and O–H groups in total. The van der Waals surface area contributed by atoms with E-state index < -0.39 is 15.9 Å². The highest BCUT2D eigenvalue weighted by Crippen LogP contribution is 2.21. The Balaban J connectivity index is 2.88. The average molecular weight is 258 g/mol. The summed E-state index contributed by atoms with van der Waals surface area (Å²) in [5.74, 6) is -0.460. The lowest BCUT2D eigenvalue weighted by Crippen LogP contribution is -2.17. The second kappa shape index (κ2) is 5.02. The first-order valence-electron chi connectivity index (χ1n) is 4.75. The highest BCUT2D eigenvalue weighted by molar-refractivity contribution is 7.89. The van der Waals surface area contributed by atoms with E-state index in [2.05, 4.69) is 5.32 Å². The molecule has 0 atom stereocenters. The average Bonchev–Trinajstić information content (AvgIpc) is 2.18. The van der Waals surface area contributed by atoms with E-state index in [1.54, 1.807) is 0 Å². The Bertz CT molecular complexity index is 527. The van der Waals surface area contributed by atoms with Crippen LogP contribution in [0.15, 0.2) is 23.1 Å². The third-order valence-electron chi connectivity index (χ3n) is 2.04. The second-order valence-corrected chi connectivity index (χ2v) is 5.00. The van der Waals surface area contributed by atoms with Crippen LogP contribution in [0.1, 0.15) is 6.42 Å². The number of primary sulfonamides is 1. The fraction of sp³-hybridized carbons (Fsp3) is 0.222. The number of nitrogen functional groups attached to an aromatic ring is 1. The molecule has 0 aliphatic rings. The van der Waals surface area contributed by atoms with Crippen molar-refractivity contribution in [2.75, 3.05) is 17.6 Å². The molecule has 1 aromatic carbocycles. The third-order valence-corrected chi connectivity index (χ3v) is 2.95. The van der Waals surface area contributed by atoms with E-state index in [-0.39, 0.29) is 17.9 Å². The number of amides is 1. The quantitative estimate of drug-likeness (QED) is 0.512. The van der Waals surface area contributed by atoms with Gasteiger partial charge in [0.25, 0.3) is 0 Å². The monoisotopic (exact) mass is 258 g/mol. The molecule has 1 aromatic rings. The number of hydrogen-bond donors (Lipinski definition) is 4. The summed E-state index contributed by atoms with van der Waals surface area (Å²) in [5, 5.41) is 7.79. The highest BCUT2D eigenvalue weighted by atomic mass is 32.2. The van der Waals surface area contributed by atoms with Gasteiger partial charge in [-0.15, -0.1) is 0 Å². The summed E-state index contributed by atoms with van der Waals surface area (Å²) in [6, 6.07) is 4.04.